The summed E-state index contributed by atoms with van der Waals surface area (Å²) in [5.74, 6) is -0.0516. The Balaban J connectivity index is 1.58. The van der Waals surface area contributed by atoms with E-state index in [4.69, 9.17) is 14.5 Å². The molecule has 9 heteroatoms. The highest BCUT2D eigenvalue weighted by molar-refractivity contribution is 8.45. The molecule has 1 aromatic heterocycles. The van der Waals surface area contributed by atoms with Gasteiger partial charge in [-0.2, -0.15) is 0 Å². The first-order chi connectivity index (χ1) is 16.4. The molecule has 0 amide bonds. The third-order valence-electron chi connectivity index (χ3n) is 8.51. The van der Waals surface area contributed by atoms with Crippen LogP contribution in [0.15, 0.2) is 35.4 Å². The van der Waals surface area contributed by atoms with Crippen molar-refractivity contribution in [2.24, 2.45) is 5.92 Å². The van der Waals surface area contributed by atoms with E-state index in [2.05, 4.69) is 0 Å². The van der Waals surface area contributed by atoms with Crippen LogP contribution in [0, 0.1) is 5.92 Å². The van der Waals surface area contributed by atoms with Gasteiger partial charge in [0.25, 0.3) is 0 Å². The second-order valence-corrected chi connectivity index (χ2v) is 13.0. The van der Waals surface area contributed by atoms with Gasteiger partial charge in [0.1, 0.15) is 10.5 Å². The number of halogens is 5. The van der Waals surface area contributed by atoms with Crippen molar-refractivity contribution in [3.8, 4) is 0 Å². The number of aryl methyl sites for hydroxylation is 1. The van der Waals surface area contributed by atoms with Crippen LogP contribution in [0.4, 0.5) is 19.4 Å². The summed E-state index contributed by atoms with van der Waals surface area (Å²) in [5.41, 5.74) is 3.42. The molecule has 1 saturated heterocycles. The maximum Gasteiger partial charge on any atom is 0.310 e. The number of ether oxygens (including phenoxy) is 2. The number of pyridine rings is 1. The average molecular weight is 516 g/mol. The maximum absolute atomic E-state index is 13.5. The van der Waals surface area contributed by atoms with Crippen molar-refractivity contribution < 1.29 is 28.9 Å². The molecule has 2 aliphatic carbocycles. The normalized spacial score (nSPS) is 28.4. The Morgan fingerprint density at radius 3 is 2.17 bits per heavy atom. The largest absolute Gasteiger partial charge is 0.381 e. The lowest BCUT2D eigenvalue weighted by Crippen LogP contribution is -2.42. The molecular formula is C26H30F5NO2S. The SMILES string of the molecule is FS(F)(F)(F)(F)c1ccc(C2(C3CCOCC3)OC3(CCCC3)c3c2cnc2c3CCCC2)cc1. The molecule has 2 fully saturated rings. The van der Waals surface area contributed by atoms with Crippen molar-refractivity contribution in [3.05, 3.63) is 58.4 Å². The Bertz CT molecular complexity index is 1160. The Morgan fingerprint density at radius 2 is 1.51 bits per heavy atom. The van der Waals surface area contributed by atoms with Crippen molar-refractivity contribution in [1.82, 2.24) is 4.98 Å². The lowest BCUT2D eigenvalue weighted by atomic mass is 9.71. The van der Waals surface area contributed by atoms with Crippen molar-refractivity contribution >= 4 is 10.2 Å². The van der Waals surface area contributed by atoms with E-state index in [-0.39, 0.29) is 5.92 Å². The fraction of sp³-hybridized carbons (Fsp3) is 0.577. The standard InChI is InChI=1S/C26H30F5NO2S/c27-35(28,29,30,31)20-9-7-18(8-10-20)26(19-11-15-33-16-12-19)22-17-32-23-6-2-1-5-21(23)24(22)25(34-26)13-3-4-14-25/h7-10,17,19H,1-6,11-16H2. The van der Waals surface area contributed by atoms with Gasteiger partial charge in [-0.05, 0) is 80.2 Å². The molecule has 1 aromatic carbocycles. The second-order valence-electron chi connectivity index (χ2n) is 10.6. The van der Waals surface area contributed by atoms with Crippen LogP contribution in [0.25, 0.3) is 0 Å². The number of aromatic nitrogens is 1. The van der Waals surface area contributed by atoms with Gasteiger partial charge >= 0.3 is 10.2 Å². The smallest absolute Gasteiger partial charge is 0.310 e. The first-order valence-electron chi connectivity index (χ1n) is 12.6. The zero-order valence-electron chi connectivity index (χ0n) is 19.5. The number of hydrogen-bond donors (Lipinski definition) is 0. The van der Waals surface area contributed by atoms with Crippen LogP contribution in [-0.2, 0) is 33.5 Å². The summed E-state index contributed by atoms with van der Waals surface area (Å²) < 4.78 is 80.4. The summed E-state index contributed by atoms with van der Waals surface area (Å²) in [7, 11) is -9.78. The van der Waals surface area contributed by atoms with Gasteiger partial charge in [-0.15, -0.1) is 0 Å². The maximum atomic E-state index is 13.5. The van der Waals surface area contributed by atoms with Crippen molar-refractivity contribution in [2.45, 2.75) is 80.3 Å². The Kier molecular flexibility index (Phi) is 4.87. The lowest BCUT2D eigenvalue weighted by molar-refractivity contribution is -0.160. The highest BCUT2D eigenvalue weighted by Crippen LogP contribution is 3.02. The van der Waals surface area contributed by atoms with Crippen LogP contribution in [0.2, 0.25) is 0 Å². The number of benzene rings is 1. The molecule has 3 nitrogen and oxygen atoms in total. The Morgan fingerprint density at radius 1 is 0.857 bits per heavy atom. The average Bonchev–Trinajstić information content (AvgIpc) is 3.42. The number of hydrogen-bond acceptors (Lipinski definition) is 3. The number of rotatable bonds is 3. The lowest BCUT2D eigenvalue weighted by Gasteiger charge is -2.43. The molecule has 6 rings (SSSR count). The predicted octanol–water partition coefficient (Wildman–Crippen LogP) is 8.09. The Labute approximate surface area is 202 Å². The summed E-state index contributed by atoms with van der Waals surface area (Å²) >= 11 is 0. The van der Waals surface area contributed by atoms with Crippen molar-refractivity contribution in [3.63, 3.8) is 0 Å². The molecule has 1 spiro atoms. The molecular weight excluding hydrogens is 485 g/mol. The summed E-state index contributed by atoms with van der Waals surface area (Å²) in [6.07, 6.45) is 11.0. The first-order valence-corrected chi connectivity index (χ1v) is 14.5. The van der Waals surface area contributed by atoms with E-state index in [1.54, 1.807) is 0 Å². The van der Waals surface area contributed by atoms with Crippen LogP contribution >= 0.6 is 10.2 Å². The van der Waals surface area contributed by atoms with Crippen LogP contribution < -0.4 is 0 Å². The minimum absolute atomic E-state index is 0.0516. The third kappa shape index (κ3) is 3.72. The Hall–Kier alpha value is -1.71. The van der Waals surface area contributed by atoms with Crippen LogP contribution in [0.3, 0.4) is 0 Å². The summed E-state index contributed by atoms with van der Waals surface area (Å²) in [6, 6.07) is 3.48. The molecule has 0 bridgehead atoms. The van der Waals surface area contributed by atoms with Crippen LogP contribution in [0.1, 0.15) is 79.3 Å². The zero-order valence-corrected chi connectivity index (χ0v) is 20.3. The highest BCUT2D eigenvalue weighted by Gasteiger charge is 2.66. The number of fused-ring (bicyclic) bond motifs is 4. The molecule has 2 aliphatic heterocycles. The third-order valence-corrected chi connectivity index (χ3v) is 9.67. The van der Waals surface area contributed by atoms with Gasteiger partial charge in [-0.1, -0.05) is 44.4 Å². The minimum Gasteiger partial charge on any atom is -0.381 e. The van der Waals surface area contributed by atoms with Gasteiger partial charge in [0.15, 0.2) is 0 Å². The van der Waals surface area contributed by atoms with Gasteiger partial charge in [-0.3, -0.25) is 4.98 Å². The number of nitrogens with zero attached hydrogens (tertiary/aromatic N) is 1. The van der Waals surface area contributed by atoms with Crippen molar-refractivity contribution in [2.75, 3.05) is 13.2 Å². The molecule has 192 valence electrons. The minimum atomic E-state index is -9.78. The van der Waals surface area contributed by atoms with Gasteiger partial charge in [-0.25, -0.2) is 0 Å². The fourth-order valence-electron chi connectivity index (χ4n) is 7.00. The van der Waals surface area contributed by atoms with E-state index in [0.717, 1.165) is 62.6 Å². The van der Waals surface area contributed by atoms with Gasteiger partial charge in [0.05, 0.1) is 5.60 Å². The molecule has 2 aromatic rings. The summed E-state index contributed by atoms with van der Waals surface area (Å²) in [6.45, 7) is 1.06. The molecule has 1 unspecified atom stereocenters. The van der Waals surface area contributed by atoms with E-state index in [9.17, 15) is 19.4 Å². The van der Waals surface area contributed by atoms with E-state index < -0.39 is 26.3 Å². The van der Waals surface area contributed by atoms with E-state index >= 15 is 0 Å². The first kappa shape index (κ1) is 23.7. The second kappa shape index (κ2) is 7.19. The van der Waals surface area contributed by atoms with E-state index in [1.807, 2.05) is 6.20 Å². The van der Waals surface area contributed by atoms with Crippen LogP contribution in [0.5, 0.6) is 0 Å². The molecule has 1 atom stereocenters. The molecule has 1 saturated carbocycles. The molecule has 0 radical (unpaired) electrons. The summed E-state index contributed by atoms with van der Waals surface area (Å²) in [4.78, 5) is 2.97. The molecule has 35 heavy (non-hydrogen) atoms. The molecule has 0 N–H and O–H groups in total. The fourth-order valence-corrected chi connectivity index (χ4v) is 7.65. The van der Waals surface area contributed by atoms with E-state index in [0.29, 0.717) is 43.8 Å². The van der Waals surface area contributed by atoms with E-state index in [1.165, 1.54) is 23.3 Å². The topological polar surface area (TPSA) is 31.4 Å². The quantitative estimate of drug-likeness (QED) is 0.387. The van der Waals surface area contributed by atoms with Gasteiger partial charge < -0.3 is 9.47 Å². The van der Waals surface area contributed by atoms with Crippen LogP contribution in [-0.4, -0.2) is 18.2 Å². The predicted molar refractivity (Wildman–Crippen MR) is 124 cm³/mol. The molecule has 3 heterocycles. The van der Waals surface area contributed by atoms with Gasteiger partial charge in [0, 0.05) is 36.6 Å². The monoisotopic (exact) mass is 515 g/mol. The molecule has 4 aliphatic rings. The van der Waals surface area contributed by atoms with Gasteiger partial charge in [0.2, 0.25) is 0 Å². The zero-order chi connectivity index (χ0) is 24.6. The van der Waals surface area contributed by atoms with Crippen molar-refractivity contribution in [1.29, 1.82) is 0 Å². The highest BCUT2D eigenvalue weighted by atomic mass is 32.5. The summed E-state index contributed by atoms with van der Waals surface area (Å²) in [5, 5.41) is 0.